The number of hydrogen-bond acceptors (Lipinski definition) is 5. The molecule has 2 amide bonds. The van der Waals surface area contributed by atoms with Crippen molar-refractivity contribution < 1.29 is 23.5 Å². The van der Waals surface area contributed by atoms with Crippen molar-refractivity contribution in [2.75, 3.05) is 19.7 Å². The Hall–Kier alpha value is -3.55. The van der Waals surface area contributed by atoms with Crippen LogP contribution in [0.5, 0.6) is 0 Å². The van der Waals surface area contributed by atoms with Crippen LogP contribution < -0.4 is 5.32 Å². The predicted octanol–water partition coefficient (Wildman–Crippen LogP) is 1.74. The van der Waals surface area contributed by atoms with Gasteiger partial charge in [0.1, 0.15) is 12.4 Å². The van der Waals surface area contributed by atoms with Crippen LogP contribution in [0.1, 0.15) is 22.3 Å². The lowest BCUT2D eigenvalue weighted by atomic mass is 10.1. The summed E-state index contributed by atoms with van der Waals surface area (Å²) in [5.74, 6) is -2.69. The van der Waals surface area contributed by atoms with E-state index in [0.717, 1.165) is 17.3 Å². The minimum Gasteiger partial charge on any atom is -0.454 e. The van der Waals surface area contributed by atoms with Gasteiger partial charge in [-0.15, -0.1) is 0 Å². The van der Waals surface area contributed by atoms with E-state index in [2.05, 4.69) is 10.4 Å². The number of nitrogens with zero attached hydrogens (tertiary/aromatic N) is 2. The quantitative estimate of drug-likeness (QED) is 0.770. The third-order valence-corrected chi connectivity index (χ3v) is 4.07. The molecule has 8 heteroatoms. The van der Waals surface area contributed by atoms with Gasteiger partial charge in [-0.1, -0.05) is 42.5 Å². The van der Waals surface area contributed by atoms with Crippen LogP contribution in [0.15, 0.2) is 59.7 Å². The molecule has 0 fully saturated rings. The fourth-order valence-electron chi connectivity index (χ4n) is 2.63. The number of hydrazone groups is 1. The Bertz CT molecular complexity index is 915. The molecule has 1 heterocycles. The highest BCUT2D eigenvalue weighted by Crippen LogP contribution is 2.13. The molecule has 0 spiro atoms. The second kappa shape index (κ2) is 8.90. The molecule has 28 heavy (non-hydrogen) atoms. The van der Waals surface area contributed by atoms with Crippen molar-refractivity contribution in [2.24, 2.45) is 5.10 Å². The number of amides is 2. The maximum absolute atomic E-state index is 13.5. The van der Waals surface area contributed by atoms with Crippen LogP contribution in [-0.2, 0) is 14.3 Å². The van der Waals surface area contributed by atoms with E-state index in [1.807, 2.05) is 30.3 Å². The lowest BCUT2D eigenvalue weighted by Crippen LogP contribution is -2.34. The number of nitrogens with one attached hydrogen (secondary N) is 1. The SMILES string of the molecule is O=C(CNC(=O)c1ccccc1F)OCC(=O)N1CCC(c2ccccc2)=N1. The summed E-state index contributed by atoms with van der Waals surface area (Å²) in [6.07, 6.45) is 0.613. The molecule has 3 rings (SSSR count). The first-order chi connectivity index (χ1) is 13.5. The minimum absolute atomic E-state index is 0.175. The van der Waals surface area contributed by atoms with E-state index in [1.165, 1.54) is 23.2 Å². The van der Waals surface area contributed by atoms with Crippen LogP contribution in [0.3, 0.4) is 0 Å². The molecule has 1 aliphatic heterocycles. The summed E-state index contributed by atoms with van der Waals surface area (Å²) in [5.41, 5.74) is 1.55. The second-order valence-electron chi connectivity index (χ2n) is 6.00. The molecule has 2 aromatic carbocycles. The van der Waals surface area contributed by atoms with Crippen molar-refractivity contribution in [3.63, 3.8) is 0 Å². The van der Waals surface area contributed by atoms with Gasteiger partial charge in [0.25, 0.3) is 11.8 Å². The molecular weight excluding hydrogens is 365 g/mol. The first kappa shape index (κ1) is 19.2. The van der Waals surface area contributed by atoms with Crippen LogP contribution >= 0.6 is 0 Å². The number of rotatable bonds is 6. The van der Waals surface area contributed by atoms with Gasteiger partial charge in [-0.25, -0.2) is 9.40 Å². The topological polar surface area (TPSA) is 88.1 Å². The number of hydrogen-bond donors (Lipinski definition) is 1. The first-order valence-electron chi connectivity index (χ1n) is 8.66. The molecule has 2 aromatic rings. The summed E-state index contributed by atoms with van der Waals surface area (Å²) >= 11 is 0. The molecule has 0 radical (unpaired) electrons. The number of ether oxygens (including phenoxy) is 1. The number of esters is 1. The van der Waals surface area contributed by atoms with E-state index < -0.39 is 36.8 Å². The van der Waals surface area contributed by atoms with Crippen molar-refractivity contribution in [3.8, 4) is 0 Å². The number of carbonyl (C=O) groups is 3. The summed E-state index contributed by atoms with van der Waals surface area (Å²) in [7, 11) is 0. The van der Waals surface area contributed by atoms with Gasteiger partial charge in [0, 0.05) is 6.42 Å². The van der Waals surface area contributed by atoms with Gasteiger partial charge < -0.3 is 10.1 Å². The Morgan fingerprint density at radius 1 is 1.07 bits per heavy atom. The largest absolute Gasteiger partial charge is 0.454 e. The monoisotopic (exact) mass is 383 g/mol. The summed E-state index contributed by atoms with van der Waals surface area (Å²) in [6, 6.07) is 14.9. The van der Waals surface area contributed by atoms with Crippen molar-refractivity contribution >= 4 is 23.5 Å². The zero-order valence-corrected chi connectivity index (χ0v) is 14.9. The average molecular weight is 383 g/mol. The van der Waals surface area contributed by atoms with Crippen molar-refractivity contribution in [3.05, 3.63) is 71.5 Å². The third-order valence-electron chi connectivity index (χ3n) is 4.07. The van der Waals surface area contributed by atoms with E-state index in [9.17, 15) is 18.8 Å². The molecule has 7 nitrogen and oxygen atoms in total. The molecule has 1 N–H and O–H groups in total. The second-order valence-corrected chi connectivity index (χ2v) is 6.00. The Morgan fingerprint density at radius 3 is 2.54 bits per heavy atom. The molecule has 144 valence electrons. The summed E-state index contributed by atoms with van der Waals surface area (Å²) < 4.78 is 18.4. The molecule has 0 saturated carbocycles. The predicted molar refractivity (Wildman–Crippen MR) is 99.0 cm³/mol. The fraction of sp³-hybridized carbons (Fsp3) is 0.200. The maximum atomic E-state index is 13.5. The van der Waals surface area contributed by atoms with Gasteiger partial charge in [0.2, 0.25) is 0 Å². The Morgan fingerprint density at radius 2 is 1.79 bits per heavy atom. The maximum Gasteiger partial charge on any atom is 0.325 e. The minimum atomic E-state index is -0.801. The molecule has 1 aliphatic rings. The standard InChI is InChI=1S/C20H18FN3O4/c21-16-9-5-4-8-15(16)20(27)22-12-19(26)28-13-18(25)24-11-10-17(23-24)14-6-2-1-3-7-14/h1-9H,10-13H2,(H,22,27). The van der Waals surface area contributed by atoms with Crippen LogP contribution in [-0.4, -0.2) is 48.2 Å². The average Bonchev–Trinajstić information content (AvgIpc) is 3.21. The zero-order valence-electron chi connectivity index (χ0n) is 14.9. The Balaban J connectivity index is 1.45. The first-order valence-corrected chi connectivity index (χ1v) is 8.66. The lowest BCUT2D eigenvalue weighted by molar-refractivity contribution is -0.150. The highest BCUT2D eigenvalue weighted by molar-refractivity contribution is 6.02. The molecule has 0 atom stereocenters. The molecule has 0 saturated heterocycles. The van der Waals surface area contributed by atoms with Crippen LogP contribution in [0.2, 0.25) is 0 Å². The number of benzene rings is 2. The Labute approximate surface area is 160 Å². The van der Waals surface area contributed by atoms with E-state index in [-0.39, 0.29) is 5.56 Å². The van der Waals surface area contributed by atoms with Crippen molar-refractivity contribution in [2.45, 2.75) is 6.42 Å². The lowest BCUT2D eigenvalue weighted by Gasteiger charge is -2.12. The van der Waals surface area contributed by atoms with E-state index in [0.29, 0.717) is 13.0 Å². The molecule has 0 aromatic heterocycles. The van der Waals surface area contributed by atoms with Gasteiger partial charge in [-0.3, -0.25) is 14.4 Å². The third kappa shape index (κ3) is 4.79. The van der Waals surface area contributed by atoms with E-state index >= 15 is 0 Å². The number of carbonyl (C=O) groups excluding carboxylic acids is 3. The zero-order chi connectivity index (χ0) is 19.9. The van der Waals surface area contributed by atoms with Crippen LogP contribution in [0.4, 0.5) is 4.39 Å². The van der Waals surface area contributed by atoms with E-state index in [4.69, 9.17) is 4.74 Å². The van der Waals surface area contributed by atoms with Crippen LogP contribution in [0.25, 0.3) is 0 Å². The Kier molecular flexibility index (Phi) is 6.11. The van der Waals surface area contributed by atoms with Gasteiger partial charge >= 0.3 is 5.97 Å². The van der Waals surface area contributed by atoms with Crippen LogP contribution in [0, 0.1) is 5.82 Å². The van der Waals surface area contributed by atoms with Crippen molar-refractivity contribution in [1.29, 1.82) is 0 Å². The smallest absolute Gasteiger partial charge is 0.325 e. The van der Waals surface area contributed by atoms with Gasteiger partial charge in [0.05, 0.1) is 17.8 Å². The molecule has 0 aliphatic carbocycles. The van der Waals surface area contributed by atoms with E-state index in [1.54, 1.807) is 0 Å². The highest BCUT2D eigenvalue weighted by Gasteiger charge is 2.22. The normalized spacial score (nSPS) is 13.0. The fourth-order valence-corrected chi connectivity index (χ4v) is 2.63. The molecule has 0 bridgehead atoms. The highest BCUT2D eigenvalue weighted by atomic mass is 19.1. The molecular formula is C20H18FN3O4. The van der Waals surface area contributed by atoms with Gasteiger partial charge in [0.15, 0.2) is 6.61 Å². The van der Waals surface area contributed by atoms with Crippen molar-refractivity contribution in [1.82, 2.24) is 10.3 Å². The van der Waals surface area contributed by atoms with Gasteiger partial charge in [-0.2, -0.15) is 5.10 Å². The number of halogens is 1. The van der Waals surface area contributed by atoms with Gasteiger partial charge in [-0.05, 0) is 17.7 Å². The summed E-state index contributed by atoms with van der Waals surface area (Å²) in [5, 5.41) is 7.77. The summed E-state index contributed by atoms with van der Waals surface area (Å²) in [4.78, 5) is 35.7. The summed E-state index contributed by atoms with van der Waals surface area (Å²) in [6.45, 7) is -0.552. The molecule has 0 unspecified atom stereocenters.